The molecule has 1 saturated heterocycles. The van der Waals surface area contributed by atoms with Gasteiger partial charge < -0.3 is 15.3 Å². The molecule has 1 saturated carbocycles. The highest BCUT2D eigenvalue weighted by atomic mass is 16.3. The first kappa shape index (κ1) is 16.3. The van der Waals surface area contributed by atoms with Crippen molar-refractivity contribution in [2.45, 2.75) is 65.5 Å². The Morgan fingerprint density at radius 2 is 1.95 bits per heavy atom. The van der Waals surface area contributed by atoms with Crippen LogP contribution >= 0.6 is 0 Å². The summed E-state index contributed by atoms with van der Waals surface area (Å²) >= 11 is 0. The Morgan fingerprint density at radius 3 is 2.45 bits per heavy atom. The number of hydrogen-bond donors (Lipinski definition) is 2. The second-order valence-corrected chi connectivity index (χ2v) is 8.39. The topological polar surface area (TPSA) is 35.5 Å². The molecular weight excluding hydrogens is 248 g/mol. The van der Waals surface area contributed by atoms with E-state index in [1.165, 1.54) is 25.8 Å². The summed E-state index contributed by atoms with van der Waals surface area (Å²) in [5.74, 6) is 1.35. The second kappa shape index (κ2) is 6.76. The van der Waals surface area contributed by atoms with E-state index in [2.05, 4.69) is 31.0 Å². The average molecular weight is 282 g/mol. The molecule has 2 fully saturated rings. The van der Waals surface area contributed by atoms with Gasteiger partial charge in [0, 0.05) is 32.2 Å². The smallest absolute Gasteiger partial charge is 0.0553 e. The Balaban J connectivity index is 1.86. The predicted octanol–water partition coefficient (Wildman–Crippen LogP) is 2.49. The summed E-state index contributed by atoms with van der Waals surface area (Å²) in [4.78, 5) is 2.60. The van der Waals surface area contributed by atoms with E-state index in [9.17, 15) is 5.11 Å². The van der Waals surface area contributed by atoms with Crippen LogP contribution in [-0.2, 0) is 0 Å². The van der Waals surface area contributed by atoms with E-state index in [1.54, 1.807) is 0 Å². The van der Waals surface area contributed by atoms with Gasteiger partial charge in [-0.25, -0.2) is 0 Å². The molecule has 1 heterocycles. The molecule has 0 spiro atoms. The maximum Gasteiger partial charge on any atom is 0.0553 e. The zero-order valence-electron chi connectivity index (χ0n) is 13.9. The highest BCUT2D eigenvalue weighted by Gasteiger charge is 2.32. The van der Waals surface area contributed by atoms with Crippen LogP contribution in [0.2, 0.25) is 0 Å². The molecule has 0 amide bonds. The molecule has 118 valence electrons. The van der Waals surface area contributed by atoms with Crippen LogP contribution in [0, 0.1) is 17.3 Å². The highest BCUT2D eigenvalue weighted by Crippen LogP contribution is 2.29. The average Bonchev–Trinajstić information content (AvgIpc) is 2.30. The van der Waals surface area contributed by atoms with E-state index in [-0.39, 0.29) is 6.10 Å². The summed E-state index contributed by atoms with van der Waals surface area (Å²) in [6, 6.07) is 0.544. The molecule has 0 aromatic heterocycles. The van der Waals surface area contributed by atoms with Gasteiger partial charge in [0.05, 0.1) is 6.10 Å². The molecule has 0 radical (unpaired) electrons. The molecule has 3 unspecified atom stereocenters. The Kier molecular flexibility index (Phi) is 5.49. The normalized spacial score (nSPS) is 31.1. The van der Waals surface area contributed by atoms with Crippen molar-refractivity contribution in [2.24, 2.45) is 17.3 Å². The zero-order valence-corrected chi connectivity index (χ0v) is 13.9. The van der Waals surface area contributed by atoms with Gasteiger partial charge in [-0.2, -0.15) is 0 Å². The van der Waals surface area contributed by atoms with Crippen molar-refractivity contribution in [3.63, 3.8) is 0 Å². The van der Waals surface area contributed by atoms with Gasteiger partial charge in [0.1, 0.15) is 0 Å². The molecule has 0 bridgehead atoms. The fourth-order valence-corrected chi connectivity index (χ4v) is 3.37. The minimum atomic E-state index is -0.182. The van der Waals surface area contributed by atoms with Crippen molar-refractivity contribution in [1.82, 2.24) is 10.2 Å². The van der Waals surface area contributed by atoms with Gasteiger partial charge in [-0.1, -0.05) is 27.2 Å². The maximum absolute atomic E-state index is 9.99. The van der Waals surface area contributed by atoms with Crippen LogP contribution in [0.3, 0.4) is 0 Å². The van der Waals surface area contributed by atoms with Crippen LogP contribution in [0.4, 0.5) is 0 Å². The van der Waals surface area contributed by atoms with Gasteiger partial charge in [-0.3, -0.25) is 0 Å². The molecule has 2 aliphatic rings. The molecular formula is C17H34N2O. The van der Waals surface area contributed by atoms with E-state index in [0.29, 0.717) is 17.4 Å². The first-order valence-corrected chi connectivity index (χ1v) is 8.47. The number of nitrogens with one attached hydrogen (secondary N) is 1. The highest BCUT2D eigenvalue weighted by molar-refractivity contribution is 4.88. The number of likely N-dealkylation sites (tertiary alicyclic amines) is 1. The third-order valence-electron chi connectivity index (χ3n) is 4.90. The molecule has 0 aromatic carbocycles. The molecule has 1 aliphatic heterocycles. The number of hydrogen-bond acceptors (Lipinski definition) is 3. The minimum Gasteiger partial charge on any atom is -0.393 e. The number of rotatable bonds is 5. The summed E-state index contributed by atoms with van der Waals surface area (Å²) in [6.07, 6.45) is 5.18. The van der Waals surface area contributed by atoms with Gasteiger partial charge in [0.15, 0.2) is 0 Å². The quantitative estimate of drug-likeness (QED) is 0.813. The summed E-state index contributed by atoms with van der Waals surface area (Å²) in [5, 5.41) is 13.7. The lowest BCUT2D eigenvalue weighted by atomic mass is 9.83. The molecule has 20 heavy (non-hydrogen) atoms. The molecule has 3 atom stereocenters. The van der Waals surface area contributed by atoms with Crippen molar-refractivity contribution >= 4 is 0 Å². The lowest BCUT2D eigenvalue weighted by Crippen LogP contribution is -2.53. The first-order chi connectivity index (χ1) is 9.33. The number of nitrogens with zero attached hydrogens (tertiary/aromatic N) is 1. The van der Waals surface area contributed by atoms with Crippen molar-refractivity contribution in [3.8, 4) is 0 Å². The Hall–Kier alpha value is -0.120. The predicted molar refractivity (Wildman–Crippen MR) is 84.8 cm³/mol. The summed E-state index contributed by atoms with van der Waals surface area (Å²) < 4.78 is 0. The van der Waals surface area contributed by atoms with Crippen LogP contribution in [0.1, 0.15) is 53.4 Å². The van der Waals surface area contributed by atoms with E-state index >= 15 is 0 Å². The molecule has 0 aromatic rings. The molecule has 2 N–H and O–H groups in total. The van der Waals surface area contributed by atoms with Gasteiger partial charge in [0.25, 0.3) is 0 Å². The zero-order chi connectivity index (χ0) is 14.8. The molecule has 3 nitrogen and oxygen atoms in total. The summed E-state index contributed by atoms with van der Waals surface area (Å²) in [6.45, 7) is 13.3. The van der Waals surface area contributed by atoms with E-state index < -0.39 is 0 Å². The fourth-order valence-electron chi connectivity index (χ4n) is 3.37. The number of piperidine rings is 1. The van der Waals surface area contributed by atoms with Gasteiger partial charge in [-0.05, 0) is 43.4 Å². The van der Waals surface area contributed by atoms with Crippen molar-refractivity contribution in [1.29, 1.82) is 0 Å². The van der Waals surface area contributed by atoms with E-state index in [0.717, 1.165) is 32.0 Å². The fraction of sp³-hybridized carbons (Fsp3) is 1.00. The van der Waals surface area contributed by atoms with E-state index in [1.807, 2.05) is 6.92 Å². The number of aliphatic hydroxyl groups excluding tert-OH is 1. The standard InChI is InChI=1S/C17H34N2O/c1-13(20)15-8-16(18-12-17(2,3)4)11-19(10-15)9-14-6-5-7-14/h13-16,18,20H,5-12H2,1-4H3. The SMILES string of the molecule is CC(O)C1CC(NCC(C)(C)C)CN(CC2CCC2)C1. The Morgan fingerprint density at radius 1 is 1.25 bits per heavy atom. The van der Waals surface area contributed by atoms with Crippen LogP contribution in [0.5, 0.6) is 0 Å². The monoisotopic (exact) mass is 282 g/mol. The van der Waals surface area contributed by atoms with Crippen LogP contribution in [0.15, 0.2) is 0 Å². The van der Waals surface area contributed by atoms with Crippen molar-refractivity contribution in [3.05, 3.63) is 0 Å². The lowest BCUT2D eigenvalue weighted by Gasteiger charge is -2.42. The lowest BCUT2D eigenvalue weighted by molar-refractivity contribution is 0.0338. The van der Waals surface area contributed by atoms with E-state index in [4.69, 9.17) is 0 Å². The second-order valence-electron chi connectivity index (χ2n) is 8.39. The van der Waals surface area contributed by atoms with Gasteiger partial charge in [0.2, 0.25) is 0 Å². The first-order valence-electron chi connectivity index (χ1n) is 8.47. The summed E-state index contributed by atoms with van der Waals surface area (Å²) in [5.41, 5.74) is 0.330. The Labute approximate surface area is 125 Å². The Bertz CT molecular complexity index is 294. The van der Waals surface area contributed by atoms with Crippen molar-refractivity contribution < 1.29 is 5.11 Å². The van der Waals surface area contributed by atoms with Gasteiger partial charge in [-0.15, -0.1) is 0 Å². The van der Waals surface area contributed by atoms with Crippen LogP contribution in [-0.4, -0.2) is 48.3 Å². The third-order valence-corrected chi connectivity index (χ3v) is 4.90. The minimum absolute atomic E-state index is 0.182. The van der Waals surface area contributed by atoms with Gasteiger partial charge >= 0.3 is 0 Å². The van der Waals surface area contributed by atoms with Crippen LogP contribution in [0.25, 0.3) is 0 Å². The third kappa shape index (κ3) is 5.01. The summed E-state index contributed by atoms with van der Waals surface area (Å²) in [7, 11) is 0. The number of aliphatic hydroxyl groups is 1. The van der Waals surface area contributed by atoms with Crippen molar-refractivity contribution in [2.75, 3.05) is 26.2 Å². The molecule has 1 aliphatic carbocycles. The van der Waals surface area contributed by atoms with Crippen LogP contribution < -0.4 is 5.32 Å². The molecule has 3 heteroatoms. The molecule has 2 rings (SSSR count). The largest absolute Gasteiger partial charge is 0.393 e. The maximum atomic E-state index is 9.99.